The van der Waals surface area contributed by atoms with Gasteiger partial charge >= 0.3 is 0 Å². The molecule has 0 radical (unpaired) electrons. The van der Waals surface area contributed by atoms with Crippen LogP contribution in [0.25, 0.3) is 11.0 Å². The Labute approximate surface area is 145 Å². The van der Waals surface area contributed by atoms with Crippen LogP contribution < -0.4 is 5.32 Å². The van der Waals surface area contributed by atoms with E-state index < -0.39 is 0 Å². The van der Waals surface area contributed by atoms with Gasteiger partial charge in [0.1, 0.15) is 11.3 Å². The third-order valence-electron chi connectivity index (χ3n) is 5.23. The molecule has 2 N–H and O–H groups in total. The lowest BCUT2D eigenvalue weighted by Crippen LogP contribution is -2.47. The molecule has 7 nitrogen and oxygen atoms in total. The Bertz CT molecular complexity index is 893. The van der Waals surface area contributed by atoms with Crippen molar-refractivity contribution < 1.29 is 9.21 Å². The summed E-state index contributed by atoms with van der Waals surface area (Å²) in [6, 6.07) is 8.00. The van der Waals surface area contributed by atoms with Gasteiger partial charge in [-0.2, -0.15) is 5.21 Å². The van der Waals surface area contributed by atoms with Crippen LogP contribution in [0.3, 0.4) is 0 Å². The maximum absolute atomic E-state index is 12.5. The number of nitrogens with one attached hydrogen (secondary N) is 2. The zero-order valence-electron chi connectivity index (χ0n) is 14.4. The number of tetrazole rings is 1. The average Bonchev–Trinajstić information content (AvgIpc) is 3.20. The lowest BCUT2D eigenvalue weighted by Gasteiger charge is -2.42. The molecule has 3 aromatic rings. The number of furan rings is 1. The zero-order chi connectivity index (χ0) is 17.4. The van der Waals surface area contributed by atoms with Crippen LogP contribution in [0.5, 0.6) is 0 Å². The number of para-hydroxylation sites is 1. The monoisotopic (exact) mass is 339 g/mol. The van der Waals surface area contributed by atoms with Crippen molar-refractivity contribution in [3.05, 3.63) is 41.4 Å². The number of fused-ring (bicyclic) bond motifs is 1. The number of hydrogen-bond donors (Lipinski definition) is 2. The summed E-state index contributed by atoms with van der Waals surface area (Å²) >= 11 is 0. The Hall–Kier alpha value is -2.70. The van der Waals surface area contributed by atoms with Crippen molar-refractivity contribution in [2.24, 2.45) is 5.41 Å². The number of nitrogens with zero attached hydrogens (tertiary/aromatic N) is 3. The molecule has 0 bridgehead atoms. The minimum atomic E-state index is -0.348. The predicted octanol–water partition coefficient (Wildman–Crippen LogP) is 2.50. The number of H-pyrrole nitrogens is 1. The van der Waals surface area contributed by atoms with Crippen LogP contribution in [-0.2, 0) is 11.2 Å². The Balaban J connectivity index is 1.34. The fourth-order valence-corrected chi connectivity index (χ4v) is 3.78. The van der Waals surface area contributed by atoms with Gasteiger partial charge in [0.2, 0.25) is 5.91 Å². The smallest absolute Gasteiger partial charge is 0.225 e. The van der Waals surface area contributed by atoms with E-state index in [2.05, 4.69) is 32.0 Å². The molecular weight excluding hydrogens is 318 g/mol. The zero-order valence-corrected chi connectivity index (χ0v) is 14.4. The molecule has 0 unspecified atom stereocenters. The standard InChI is InChI=1S/C18H21N5O2/c1-11-13(14-5-3-4-6-15(14)25-11)7-8-19-17(24)18(2)9-12(10-18)16-20-22-23-21-16/h3-6,12H,7-10H2,1-2H3,(H,19,24)(H,20,21,22,23). The molecule has 2 heterocycles. The molecule has 0 atom stereocenters. The summed E-state index contributed by atoms with van der Waals surface area (Å²) in [5.41, 5.74) is 1.72. The minimum Gasteiger partial charge on any atom is -0.461 e. The Morgan fingerprint density at radius 1 is 1.40 bits per heavy atom. The maximum Gasteiger partial charge on any atom is 0.225 e. The first kappa shape index (κ1) is 15.8. The number of amides is 1. The highest BCUT2D eigenvalue weighted by Crippen LogP contribution is 2.49. The van der Waals surface area contributed by atoms with Crippen molar-refractivity contribution in [1.82, 2.24) is 25.9 Å². The molecule has 1 amide bonds. The first-order valence-electron chi connectivity index (χ1n) is 8.55. The van der Waals surface area contributed by atoms with E-state index in [0.29, 0.717) is 12.4 Å². The van der Waals surface area contributed by atoms with Gasteiger partial charge in [-0.1, -0.05) is 30.3 Å². The number of benzene rings is 1. The van der Waals surface area contributed by atoms with E-state index in [4.69, 9.17) is 4.42 Å². The molecule has 0 aliphatic heterocycles. The number of aryl methyl sites for hydroxylation is 1. The highest BCUT2D eigenvalue weighted by molar-refractivity contribution is 5.84. The quantitative estimate of drug-likeness (QED) is 0.744. The molecule has 1 fully saturated rings. The van der Waals surface area contributed by atoms with Crippen LogP contribution in [0.2, 0.25) is 0 Å². The van der Waals surface area contributed by atoms with Gasteiger partial charge in [-0.25, -0.2) is 0 Å². The third kappa shape index (κ3) is 2.79. The van der Waals surface area contributed by atoms with Crippen molar-refractivity contribution in [2.75, 3.05) is 6.54 Å². The lowest BCUT2D eigenvalue weighted by molar-refractivity contribution is -0.135. The fraction of sp³-hybridized carbons (Fsp3) is 0.444. The van der Waals surface area contributed by atoms with Crippen molar-refractivity contribution in [3.8, 4) is 0 Å². The number of aromatic nitrogens is 4. The number of carbonyl (C=O) groups is 1. The van der Waals surface area contributed by atoms with E-state index in [0.717, 1.165) is 36.0 Å². The van der Waals surface area contributed by atoms with Crippen LogP contribution in [0.1, 0.15) is 42.8 Å². The van der Waals surface area contributed by atoms with E-state index in [1.807, 2.05) is 32.0 Å². The maximum atomic E-state index is 12.5. The van der Waals surface area contributed by atoms with Gasteiger partial charge < -0.3 is 9.73 Å². The van der Waals surface area contributed by atoms with E-state index in [-0.39, 0.29) is 17.2 Å². The number of rotatable bonds is 5. The van der Waals surface area contributed by atoms with E-state index in [1.165, 1.54) is 5.56 Å². The van der Waals surface area contributed by atoms with Crippen molar-refractivity contribution in [1.29, 1.82) is 0 Å². The van der Waals surface area contributed by atoms with Gasteiger partial charge in [0, 0.05) is 28.8 Å². The predicted molar refractivity (Wildman–Crippen MR) is 91.9 cm³/mol. The van der Waals surface area contributed by atoms with Crippen LogP contribution in [-0.4, -0.2) is 33.1 Å². The van der Waals surface area contributed by atoms with Crippen LogP contribution >= 0.6 is 0 Å². The molecule has 2 aromatic heterocycles. The number of hydrogen-bond acceptors (Lipinski definition) is 5. The summed E-state index contributed by atoms with van der Waals surface area (Å²) in [5.74, 6) is 1.93. The molecule has 4 rings (SSSR count). The van der Waals surface area contributed by atoms with Crippen molar-refractivity contribution in [2.45, 2.75) is 39.0 Å². The van der Waals surface area contributed by atoms with Gasteiger partial charge in [0.05, 0.1) is 0 Å². The summed E-state index contributed by atoms with van der Waals surface area (Å²) in [7, 11) is 0. The number of aromatic amines is 1. The van der Waals surface area contributed by atoms with Gasteiger partial charge in [0.25, 0.3) is 0 Å². The number of carbonyl (C=O) groups excluding carboxylic acids is 1. The average molecular weight is 339 g/mol. The van der Waals surface area contributed by atoms with E-state index in [9.17, 15) is 4.79 Å². The molecule has 1 saturated carbocycles. The summed E-state index contributed by atoms with van der Waals surface area (Å²) in [6.45, 7) is 4.57. The second-order valence-electron chi connectivity index (χ2n) is 7.07. The fourth-order valence-electron chi connectivity index (χ4n) is 3.78. The van der Waals surface area contributed by atoms with Gasteiger partial charge in [-0.05, 0) is 32.3 Å². The highest BCUT2D eigenvalue weighted by atomic mass is 16.3. The largest absolute Gasteiger partial charge is 0.461 e. The Kier molecular flexibility index (Phi) is 3.78. The highest BCUT2D eigenvalue weighted by Gasteiger charge is 2.48. The Morgan fingerprint density at radius 3 is 2.96 bits per heavy atom. The molecule has 0 spiro atoms. The van der Waals surface area contributed by atoms with E-state index in [1.54, 1.807) is 0 Å². The lowest BCUT2D eigenvalue weighted by atomic mass is 9.62. The molecule has 1 aliphatic carbocycles. The van der Waals surface area contributed by atoms with Gasteiger partial charge in [-0.15, -0.1) is 10.2 Å². The SMILES string of the molecule is Cc1oc2ccccc2c1CCNC(=O)C1(C)CC(c2nn[nH]n2)C1. The summed E-state index contributed by atoms with van der Waals surface area (Å²) < 4.78 is 5.78. The second-order valence-corrected chi connectivity index (χ2v) is 7.07. The second kappa shape index (κ2) is 5.98. The van der Waals surface area contributed by atoms with Crippen LogP contribution in [0.4, 0.5) is 0 Å². The third-order valence-corrected chi connectivity index (χ3v) is 5.23. The molecule has 1 aliphatic rings. The molecule has 1 aromatic carbocycles. The molecule has 130 valence electrons. The van der Waals surface area contributed by atoms with Crippen LogP contribution in [0, 0.1) is 12.3 Å². The minimum absolute atomic E-state index is 0.0951. The van der Waals surface area contributed by atoms with Gasteiger partial charge in [-0.3, -0.25) is 4.79 Å². The first-order valence-corrected chi connectivity index (χ1v) is 8.55. The summed E-state index contributed by atoms with van der Waals surface area (Å²) in [6.07, 6.45) is 2.27. The first-order chi connectivity index (χ1) is 12.1. The summed E-state index contributed by atoms with van der Waals surface area (Å²) in [4.78, 5) is 12.5. The Morgan fingerprint density at radius 2 is 2.20 bits per heavy atom. The molecular formula is C18H21N5O2. The molecule has 25 heavy (non-hydrogen) atoms. The molecule has 0 saturated heterocycles. The molecule has 7 heteroatoms. The van der Waals surface area contributed by atoms with E-state index >= 15 is 0 Å². The summed E-state index contributed by atoms with van der Waals surface area (Å²) in [5, 5.41) is 18.3. The van der Waals surface area contributed by atoms with Crippen LogP contribution in [0.15, 0.2) is 28.7 Å². The normalized spacial score (nSPS) is 22.7. The topological polar surface area (TPSA) is 96.7 Å². The van der Waals surface area contributed by atoms with Crippen molar-refractivity contribution >= 4 is 16.9 Å². The van der Waals surface area contributed by atoms with Gasteiger partial charge in [0.15, 0.2) is 5.82 Å². The van der Waals surface area contributed by atoms with Crippen molar-refractivity contribution in [3.63, 3.8) is 0 Å².